The Morgan fingerprint density at radius 1 is 0.667 bits per heavy atom. The minimum Gasteiger partial charge on any atom is -0.301 e. The molecule has 0 aromatic heterocycles. The molecular weight excluding hydrogens is 150 g/mol. The largest absolute Gasteiger partial charge is 0.301 e. The SMILES string of the molecule is C/N=C\C1C(/C=N\C)C1/C=N\C. The fourth-order valence-corrected chi connectivity index (χ4v) is 1.50. The van der Waals surface area contributed by atoms with E-state index in [1.54, 1.807) is 21.1 Å². The lowest BCUT2D eigenvalue weighted by molar-refractivity contribution is 1.12. The Morgan fingerprint density at radius 3 is 1.08 bits per heavy atom. The molecule has 1 aliphatic carbocycles. The van der Waals surface area contributed by atoms with Crippen LogP contribution in [-0.2, 0) is 0 Å². The first-order chi connectivity index (χ1) is 5.85. The van der Waals surface area contributed by atoms with Crippen molar-refractivity contribution in [3.63, 3.8) is 0 Å². The summed E-state index contributed by atoms with van der Waals surface area (Å²) in [6, 6.07) is 0. The Labute approximate surface area is 73.3 Å². The van der Waals surface area contributed by atoms with E-state index in [0.29, 0.717) is 17.8 Å². The van der Waals surface area contributed by atoms with Crippen LogP contribution in [0.4, 0.5) is 0 Å². The maximum Gasteiger partial charge on any atom is 0.0273 e. The quantitative estimate of drug-likeness (QED) is 0.558. The van der Waals surface area contributed by atoms with Gasteiger partial charge in [-0.25, -0.2) is 0 Å². The predicted molar refractivity (Wildman–Crippen MR) is 53.7 cm³/mol. The molecule has 0 atom stereocenters. The molecule has 1 rings (SSSR count). The van der Waals surface area contributed by atoms with Crippen molar-refractivity contribution < 1.29 is 0 Å². The highest BCUT2D eigenvalue weighted by Gasteiger charge is 2.46. The third kappa shape index (κ3) is 1.78. The van der Waals surface area contributed by atoms with Crippen LogP contribution >= 0.6 is 0 Å². The second kappa shape index (κ2) is 4.14. The monoisotopic (exact) mass is 165 g/mol. The van der Waals surface area contributed by atoms with Crippen molar-refractivity contribution in [2.75, 3.05) is 21.1 Å². The number of hydrogen-bond donors (Lipinski definition) is 0. The zero-order valence-electron chi connectivity index (χ0n) is 7.81. The van der Waals surface area contributed by atoms with Crippen LogP contribution in [0.3, 0.4) is 0 Å². The summed E-state index contributed by atoms with van der Waals surface area (Å²) in [6.45, 7) is 0. The molecule has 1 saturated carbocycles. The molecule has 0 aromatic carbocycles. The van der Waals surface area contributed by atoms with Gasteiger partial charge in [-0.05, 0) is 0 Å². The van der Waals surface area contributed by atoms with Gasteiger partial charge >= 0.3 is 0 Å². The zero-order valence-corrected chi connectivity index (χ0v) is 7.81. The summed E-state index contributed by atoms with van der Waals surface area (Å²) in [4.78, 5) is 12.0. The second-order valence-corrected chi connectivity index (χ2v) is 2.95. The van der Waals surface area contributed by atoms with Gasteiger partial charge in [0.1, 0.15) is 0 Å². The summed E-state index contributed by atoms with van der Waals surface area (Å²) in [6.07, 6.45) is 5.95. The lowest BCUT2D eigenvalue weighted by Crippen LogP contribution is -1.83. The average molecular weight is 165 g/mol. The summed E-state index contributed by atoms with van der Waals surface area (Å²) >= 11 is 0. The molecule has 0 aromatic rings. The smallest absolute Gasteiger partial charge is 0.0273 e. The highest BCUT2D eigenvalue weighted by molar-refractivity contribution is 5.87. The molecule has 1 fully saturated rings. The van der Waals surface area contributed by atoms with Crippen LogP contribution in [0, 0.1) is 17.8 Å². The minimum absolute atomic E-state index is 0.530. The molecule has 0 N–H and O–H groups in total. The Hall–Kier alpha value is -0.990. The lowest BCUT2D eigenvalue weighted by Gasteiger charge is -1.79. The molecule has 66 valence electrons. The van der Waals surface area contributed by atoms with Gasteiger partial charge in [-0.15, -0.1) is 0 Å². The van der Waals surface area contributed by atoms with Crippen molar-refractivity contribution in [1.82, 2.24) is 0 Å². The molecule has 0 heterocycles. The first kappa shape index (κ1) is 9.10. The summed E-state index contributed by atoms with van der Waals surface area (Å²) in [5.74, 6) is 1.59. The van der Waals surface area contributed by atoms with E-state index in [0.717, 1.165) is 0 Å². The molecular formula is C9H15N3. The molecule has 0 amide bonds. The van der Waals surface area contributed by atoms with Crippen molar-refractivity contribution in [1.29, 1.82) is 0 Å². The van der Waals surface area contributed by atoms with Gasteiger partial charge in [-0.3, -0.25) is 0 Å². The fraction of sp³-hybridized carbons (Fsp3) is 0.667. The number of nitrogens with zero attached hydrogens (tertiary/aromatic N) is 3. The van der Waals surface area contributed by atoms with E-state index in [4.69, 9.17) is 0 Å². The molecule has 1 aliphatic rings. The molecule has 12 heavy (non-hydrogen) atoms. The fourth-order valence-electron chi connectivity index (χ4n) is 1.50. The molecule has 0 aliphatic heterocycles. The summed E-state index contributed by atoms with van der Waals surface area (Å²) < 4.78 is 0. The number of rotatable bonds is 3. The minimum atomic E-state index is 0.530. The number of aliphatic imine (C=N–C) groups is 3. The summed E-state index contributed by atoms with van der Waals surface area (Å²) in [5.41, 5.74) is 0. The van der Waals surface area contributed by atoms with Gasteiger partial charge in [0.15, 0.2) is 0 Å². The Bertz CT molecular complexity index is 174. The van der Waals surface area contributed by atoms with Gasteiger partial charge in [-0.1, -0.05) is 0 Å². The second-order valence-electron chi connectivity index (χ2n) is 2.95. The first-order valence-corrected chi connectivity index (χ1v) is 4.12. The lowest BCUT2D eigenvalue weighted by atomic mass is 10.3. The van der Waals surface area contributed by atoms with Gasteiger partial charge in [-0.2, -0.15) is 0 Å². The van der Waals surface area contributed by atoms with E-state index in [-0.39, 0.29) is 0 Å². The number of hydrogen-bond acceptors (Lipinski definition) is 3. The van der Waals surface area contributed by atoms with Crippen LogP contribution in [-0.4, -0.2) is 39.8 Å². The zero-order chi connectivity index (χ0) is 8.97. The van der Waals surface area contributed by atoms with Crippen molar-refractivity contribution in [2.24, 2.45) is 32.7 Å². The molecule has 0 unspecified atom stereocenters. The highest BCUT2D eigenvalue weighted by Crippen LogP contribution is 2.42. The van der Waals surface area contributed by atoms with E-state index in [2.05, 4.69) is 15.0 Å². The third-order valence-electron chi connectivity index (χ3n) is 2.16. The van der Waals surface area contributed by atoms with Crippen molar-refractivity contribution in [3.05, 3.63) is 0 Å². The van der Waals surface area contributed by atoms with Crippen molar-refractivity contribution in [2.45, 2.75) is 0 Å². The third-order valence-corrected chi connectivity index (χ3v) is 2.16. The Morgan fingerprint density at radius 2 is 0.917 bits per heavy atom. The van der Waals surface area contributed by atoms with Gasteiger partial charge in [0.2, 0.25) is 0 Å². The summed E-state index contributed by atoms with van der Waals surface area (Å²) in [5, 5.41) is 0. The van der Waals surface area contributed by atoms with E-state index in [9.17, 15) is 0 Å². The normalized spacial score (nSPS) is 35.8. The summed E-state index contributed by atoms with van der Waals surface area (Å²) in [7, 11) is 5.41. The maximum absolute atomic E-state index is 4.01. The standard InChI is InChI=1S/C9H15N3/c1-10-4-7-8(5-11-2)9(7)6-12-3/h4-9H,1-3H3/b10-4-,11-5-,12-6-. The molecule has 0 bridgehead atoms. The van der Waals surface area contributed by atoms with E-state index in [1.807, 2.05) is 18.6 Å². The van der Waals surface area contributed by atoms with E-state index in [1.165, 1.54) is 0 Å². The Kier molecular flexibility index (Phi) is 3.14. The molecule has 0 radical (unpaired) electrons. The van der Waals surface area contributed by atoms with Crippen LogP contribution in [0.2, 0.25) is 0 Å². The topological polar surface area (TPSA) is 37.1 Å². The first-order valence-electron chi connectivity index (χ1n) is 4.12. The Balaban J connectivity index is 2.54. The van der Waals surface area contributed by atoms with Crippen LogP contribution in [0.25, 0.3) is 0 Å². The molecule has 0 spiro atoms. The van der Waals surface area contributed by atoms with Gasteiger partial charge < -0.3 is 15.0 Å². The van der Waals surface area contributed by atoms with Gasteiger partial charge in [0, 0.05) is 57.5 Å². The van der Waals surface area contributed by atoms with Crippen LogP contribution in [0.1, 0.15) is 0 Å². The van der Waals surface area contributed by atoms with Crippen molar-refractivity contribution >= 4 is 18.6 Å². The predicted octanol–water partition coefficient (Wildman–Crippen LogP) is 0.950. The van der Waals surface area contributed by atoms with Crippen LogP contribution in [0.15, 0.2) is 15.0 Å². The van der Waals surface area contributed by atoms with E-state index < -0.39 is 0 Å². The van der Waals surface area contributed by atoms with Crippen LogP contribution in [0.5, 0.6) is 0 Å². The molecule has 3 heteroatoms. The van der Waals surface area contributed by atoms with Gasteiger partial charge in [0.25, 0.3) is 0 Å². The molecule has 3 nitrogen and oxygen atoms in total. The van der Waals surface area contributed by atoms with Gasteiger partial charge in [0.05, 0.1) is 0 Å². The average Bonchev–Trinajstić information content (AvgIpc) is 2.67. The van der Waals surface area contributed by atoms with Crippen LogP contribution < -0.4 is 0 Å². The van der Waals surface area contributed by atoms with Crippen molar-refractivity contribution in [3.8, 4) is 0 Å². The van der Waals surface area contributed by atoms with E-state index >= 15 is 0 Å². The molecule has 0 saturated heterocycles. The highest BCUT2D eigenvalue weighted by atomic mass is 14.7. The maximum atomic E-state index is 4.01.